The number of anilines is 2. The third-order valence-corrected chi connectivity index (χ3v) is 3.57. The molecule has 0 unspecified atom stereocenters. The van der Waals surface area contributed by atoms with Crippen molar-refractivity contribution < 1.29 is 13.2 Å². The number of rotatable bonds is 5. The van der Waals surface area contributed by atoms with Gasteiger partial charge in [-0.15, -0.1) is 11.8 Å². The Morgan fingerprint density at radius 2 is 2.19 bits per heavy atom. The molecule has 0 saturated carbocycles. The van der Waals surface area contributed by atoms with Crippen molar-refractivity contribution in [2.75, 3.05) is 23.9 Å². The summed E-state index contributed by atoms with van der Waals surface area (Å²) in [5, 5.41) is 3.66. The van der Waals surface area contributed by atoms with Gasteiger partial charge < -0.3 is 11.1 Å². The van der Waals surface area contributed by atoms with Crippen LogP contribution in [0.5, 0.6) is 0 Å². The van der Waals surface area contributed by atoms with E-state index in [-0.39, 0.29) is 13.0 Å². The molecular weight excluding hydrogens is 259 g/mol. The van der Waals surface area contributed by atoms with Gasteiger partial charge >= 0.3 is 6.18 Å². The second kappa shape index (κ2) is 5.62. The summed E-state index contributed by atoms with van der Waals surface area (Å²) in [6.07, 6.45) is -2.96. The molecular formula is C8H12F3N3S2. The number of nitrogens with one attached hydrogen (secondary N) is 1. The highest BCUT2D eigenvalue weighted by Crippen LogP contribution is 2.34. The molecule has 92 valence electrons. The molecule has 0 radical (unpaired) electrons. The SMILES string of the molecule is CSc1c(N)nsc1NCCCC(F)(F)F. The van der Waals surface area contributed by atoms with E-state index in [1.807, 2.05) is 6.26 Å². The maximum atomic E-state index is 11.9. The lowest BCUT2D eigenvalue weighted by Crippen LogP contribution is -2.10. The number of hydrogen-bond donors (Lipinski definition) is 2. The Morgan fingerprint density at radius 1 is 1.50 bits per heavy atom. The smallest absolute Gasteiger partial charge is 0.382 e. The molecule has 0 aliphatic carbocycles. The zero-order chi connectivity index (χ0) is 12.2. The fraction of sp³-hybridized carbons (Fsp3) is 0.625. The number of aromatic nitrogens is 1. The first-order valence-electron chi connectivity index (χ1n) is 4.54. The van der Waals surface area contributed by atoms with Crippen molar-refractivity contribution >= 4 is 34.1 Å². The molecule has 1 rings (SSSR count). The summed E-state index contributed by atoms with van der Waals surface area (Å²) in [4.78, 5) is 0.803. The van der Waals surface area contributed by atoms with Crippen molar-refractivity contribution in [1.29, 1.82) is 0 Å². The first-order valence-corrected chi connectivity index (χ1v) is 6.53. The van der Waals surface area contributed by atoms with Crippen LogP contribution in [-0.4, -0.2) is 23.4 Å². The van der Waals surface area contributed by atoms with Crippen LogP contribution < -0.4 is 11.1 Å². The van der Waals surface area contributed by atoms with E-state index >= 15 is 0 Å². The van der Waals surface area contributed by atoms with Crippen LogP contribution in [0.2, 0.25) is 0 Å². The minimum Gasteiger partial charge on any atom is -0.382 e. The predicted octanol–water partition coefficient (Wildman–Crippen LogP) is 3.20. The zero-order valence-electron chi connectivity index (χ0n) is 8.60. The molecule has 0 aliphatic heterocycles. The fourth-order valence-corrected chi connectivity index (χ4v) is 2.66. The van der Waals surface area contributed by atoms with Gasteiger partial charge in [-0.1, -0.05) is 0 Å². The van der Waals surface area contributed by atoms with Crippen LogP contribution in [0.25, 0.3) is 0 Å². The summed E-state index contributed by atoms with van der Waals surface area (Å²) in [6.45, 7) is 0.273. The Morgan fingerprint density at radius 3 is 2.75 bits per heavy atom. The molecule has 0 amide bonds. The molecule has 0 spiro atoms. The topological polar surface area (TPSA) is 50.9 Å². The number of hydrogen-bond acceptors (Lipinski definition) is 5. The Bertz CT molecular complexity index is 338. The van der Waals surface area contributed by atoms with Crippen LogP contribution in [-0.2, 0) is 0 Å². The van der Waals surface area contributed by atoms with Gasteiger partial charge in [-0.05, 0) is 24.2 Å². The van der Waals surface area contributed by atoms with Crippen LogP contribution in [0.15, 0.2) is 4.90 Å². The highest BCUT2D eigenvalue weighted by atomic mass is 32.2. The van der Waals surface area contributed by atoms with Crippen LogP contribution in [0.4, 0.5) is 24.0 Å². The monoisotopic (exact) mass is 271 g/mol. The number of nitrogen functional groups attached to an aromatic ring is 1. The third-order valence-electron chi connectivity index (χ3n) is 1.80. The van der Waals surface area contributed by atoms with E-state index in [0.29, 0.717) is 5.82 Å². The Labute approximate surface area is 99.8 Å². The maximum absolute atomic E-state index is 11.9. The van der Waals surface area contributed by atoms with Gasteiger partial charge in [-0.2, -0.15) is 17.5 Å². The van der Waals surface area contributed by atoms with Gasteiger partial charge in [-0.25, -0.2) is 0 Å². The molecule has 0 atom stereocenters. The molecule has 16 heavy (non-hydrogen) atoms. The normalized spacial score (nSPS) is 11.8. The summed E-state index contributed by atoms with van der Waals surface area (Å²) in [5.41, 5.74) is 5.58. The third kappa shape index (κ3) is 4.09. The number of nitrogens with zero attached hydrogens (tertiary/aromatic N) is 1. The van der Waals surface area contributed by atoms with E-state index in [9.17, 15) is 13.2 Å². The van der Waals surface area contributed by atoms with Gasteiger partial charge in [0.05, 0.1) is 4.90 Å². The standard InChI is InChI=1S/C8H12F3N3S2/c1-15-5-6(12)14-16-7(5)13-4-2-3-8(9,10)11/h13H,2-4H2,1H3,(H2,12,14). The van der Waals surface area contributed by atoms with Crippen LogP contribution >= 0.6 is 23.3 Å². The molecule has 1 aromatic heterocycles. The van der Waals surface area contributed by atoms with Gasteiger partial charge in [-0.3, -0.25) is 0 Å². The van der Waals surface area contributed by atoms with Crippen molar-refractivity contribution in [3.63, 3.8) is 0 Å². The van der Waals surface area contributed by atoms with Crippen molar-refractivity contribution in [3.8, 4) is 0 Å². The van der Waals surface area contributed by atoms with Crippen LogP contribution in [0, 0.1) is 0 Å². The second-order valence-electron chi connectivity index (χ2n) is 3.08. The van der Waals surface area contributed by atoms with Gasteiger partial charge in [0.2, 0.25) is 0 Å². The minimum atomic E-state index is -4.09. The largest absolute Gasteiger partial charge is 0.389 e. The quantitative estimate of drug-likeness (QED) is 0.638. The van der Waals surface area contributed by atoms with E-state index < -0.39 is 12.6 Å². The molecule has 0 aromatic carbocycles. The summed E-state index contributed by atoms with van der Waals surface area (Å²) in [6, 6.07) is 0. The number of thioether (sulfide) groups is 1. The first kappa shape index (κ1) is 13.4. The highest BCUT2D eigenvalue weighted by molar-refractivity contribution is 7.99. The number of halogens is 3. The van der Waals surface area contributed by atoms with Crippen molar-refractivity contribution in [2.45, 2.75) is 23.9 Å². The first-order chi connectivity index (χ1) is 7.44. The van der Waals surface area contributed by atoms with E-state index in [4.69, 9.17) is 5.73 Å². The van der Waals surface area contributed by atoms with E-state index in [1.165, 1.54) is 23.3 Å². The van der Waals surface area contributed by atoms with E-state index in [0.717, 1.165) is 9.90 Å². The molecule has 8 heteroatoms. The second-order valence-corrected chi connectivity index (χ2v) is 4.67. The maximum Gasteiger partial charge on any atom is 0.389 e. The van der Waals surface area contributed by atoms with Crippen molar-refractivity contribution in [1.82, 2.24) is 4.37 Å². The molecule has 0 fully saturated rings. The van der Waals surface area contributed by atoms with Crippen LogP contribution in [0.3, 0.4) is 0 Å². The fourth-order valence-electron chi connectivity index (χ4n) is 1.09. The minimum absolute atomic E-state index is 0.0507. The lowest BCUT2D eigenvalue weighted by Gasteiger charge is -2.07. The van der Waals surface area contributed by atoms with E-state index in [2.05, 4.69) is 9.69 Å². The lowest BCUT2D eigenvalue weighted by molar-refractivity contribution is -0.134. The zero-order valence-corrected chi connectivity index (χ0v) is 10.2. The molecule has 1 aromatic rings. The predicted molar refractivity (Wildman–Crippen MR) is 62.1 cm³/mol. The Kier molecular flexibility index (Phi) is 4.72. The molecule has 0 saturated heterocycles. The van der Waals surface area contributed by atoms with Crippen LogP contribution in [0.1, 0.15) is 12.8 Å². The van der Waals surface area contributed by atoms with Crippen molar-refractivity contribution in [2.24, 2.45) is 0 Å². The molecule has 3 N–H and O–H groups in total. The van der Waals surface area contributed by atoms with Gasteiger partial charge in [0.15, 0.2) is 5.82 Å². The van der Waals surface area contributed by atoms with E-state index in [1.54, 1.807) is 0 Å². The van der Waals surface area contributed by atoms with Gasteiger partial charge in [0, 0.05) is 13.0 Å². The summed E-state index contributed by atoms with van der Waals surface area (Å²) in [7, 11) is 0. The summed E-state index contributed by atoms with van der Waals surface area (Å²) < 4.78 is 39.5. The summed E-state index contributed by atoms with van der Waals surface area (Å²) >= 11 is 2.60. The average molecular weight is 271 g/mol. The summed E-state index contributed by atoms with van der Waals surface area (Å²) in [5.74, 6) is 0.427. The molecule has 1 heterocycles. The number of nitrogens with two attached hydrogens (primary N) is 1. The Balaban J connectivity index is 2.37. The Hall–Kier alpha value is -0.630. The molecule has 0 bridgehead atoms. The molecule has 0 aliphatic rings. The highest BCUT2D eigenvalue weighted by Gasteiger charge is 2.25. The number of alkyl halides is 3. The lowest BCUT2D eigenvalue weighted by atomic mass is 10.3. The van der Waals surface area contributed by atoms with Crippen molar-refractivity contribution in [3.05, 3.63) is 0 Å². The van der Waals surface area contributed by atoms with Gasteiger partial charge in [0.1, 0.15) is 5.00 Å². The van der Waals surface area contributed by atoms with Gasteiger partial charge in [0.25, 0.3) is 0 Å². The molecule has 3 nitrogen and oxygen atoms in total. The average Bonchev–Trinajstić information content (AvgIpc) is 2.52.